The molecule has 2 aromatic heterocycles. The van der Waals surface area contributed by atoms with Gasteiger partial charge in [0.1, 0.15) is 11.2 Å². The van der Waals surface area contributed by atoms with Gasteiger partial charge in [0, 0.05) is 55.7 Å². The van der Waals surface area contributed by atoms with Crippen molar-refractivity contribution >= 4 is 33.8 Å². The Balaban J connectivity index is 0.000000222. The van der Waals surface area contributed by atoms with Gasteiger partial charge in [-0.3, -0.25) is 0 Å². The molecular weight excluding hydrogens is 556 g/mol. The smallest absolute Gasteiger partial charge is 0.410 e. The van der Waals surface area contributed by atoms with Crippen LogP contribution < -0.4 is 0 Å². The number of thioether (sulfide) groups is 1. The predicted molar refractivity (Wildman–Crippen MR) is 150 cm³/mol. The monoisotopic (exact) mass is 594 g/mol. The number of carbonyl (C=O) groups excluding carboxylic acids is 2. The molecule has 0 atom stereocenters. The quantitative estimate of drug-likeness (QED) is 0.371. The number of hydrogen-bond acceptors (Lipinski definition) is 11. The molecule has 12 nitrogen and oxygen atoms in total. The maximum Gasteiger partial charge on any atom is 0.410 e. The molecule has 220 valence electrons. The van der Waals surface area contributed by atoms with Crippen LogP contribution in [0.1, 0.15) is 64.1 Å². The lowest BCUT2D eigenvalue weighted by atomic mass is 10.1. The molecule has 0 saturated heterocycles. The van der Waals surface area contributed by atoms with E-state index in [0.717, 1.165) is 34.7 Å². The third-order valence-corrected chi connectivity index (χ3v) is 7.06. The lowest BCUT2D eigenvalue weighted by Gasteiger charge is -2.30. The third-order valence-electron chi connectivity index (χ3n) is 5.64. The molecule has 2 amide bonds. The summed E-state index contributed by atoms with van der Waals surface area (Å²) >= 11 is 1.53. The molecule has 0 spiro atoms. The number of amides is 2. The molecule has 2 aliphatic heterocycles. The Kier molecular flexibility index (Phi) is 9.66. The number of ether oxygens (including phenoxy) is 2. The van der Waals surface area contributed by atoms with Gasteiger partial charge < -0.3 is 19.3 Å². The van der Waals surface area contributed by atoms with Crippen molar-refractivity contribution < 1.29 is 27.5 Å². The van der Waals surface area contributed by atoms with Crippen LogP contribution in [0.3, 0.4) is 0 Å². The Morgan fingerprint density at radius 2 is 1.27 bits per heavy atom. The molecule has 0 N–H and O–H groups in total. The zero-order valence-electron chi connectivity index (χ0n) is 24.3. The molecular formula is C26H38N6O6S2. The Morgan fingerprint density at radius 3 is 1.70 bits per heavy atom. The molecule has 0 aliphatic carbocycles. The number of sulfone groups is 1. The van der Waals surface area contributed by atoms with Gasteiger partial charge in [-0.25, -0.2) is 37.9 Å². The number of carbonyl (C=O) groups is 2. The van der Waals surface area contributed by atoms with Gasteiger partial charge in [0.2, 0.25) is 15.0 Å². The summed E-state index contributed by atoms with van der Waals surface area (Å²) in [7, 11) is -3.42. The van der Waals surface area contributed by atoms with Crippen molar-refractivity contribution in [2.75, 3.05) is 25.6 Å². The molecule has 0 radical (unpaired) electrons. The van der Waals surface area contributed by atoms with Crippen LogP contribution >= 0.6 is 11.8 Å². The van der Waals surface area contributed by atoms with Crippen LogP contribution in [0.5, 0.6) is 0 Å². The second kappa shape index (κ2) is 12.2. The van der Waals surface area contributed by atoms with Crippen LogP contribution in [-0.2, 0) is 45.2 Å². The molecule has 40 heavy (non-hydrogen) atoms. The summed E-state index contributed by atoms with van der Waals surface area (Å²) in [6, 6.07) is 0. The van der Waals surface area contributed by atoms with E-state index >= 15 is 0 Å². The highest BCUT2D eigenvalue weighted by molar-refractivity contribution is 7.98. The molecule has 14 heteroatoms. The SMILES string of the molecule is CC(C)(C)OC(=O)N1CCc2nc(S(C)(=O)=O)ncc2C1.CSc1ncc2c(n1)CCN(C(=O)OC(C)(C)C)C2. The Labute approximate surface area is 240 Å². The number of rotatable bonds is 2. The zero-order chi connectivity index (χ0) is 29.9. The largest absolute Gasteiger partial charge is 0.444 e. The first kappa shape index (κ1) is 31.5. The summed E-state index contributed by atoms with van der Waals surface area (Å²) < 4.78 is 33.6. The van der Waals surface area contributed by atoms with Crippen LogP contribution in [0.15, 0.2) is 22.7 Å². The summed E-state index contributed by atoms with van der Waals surface area (Å²) in [5.74, 6) is 0. The van der Waals surface area contributed by atoms with E-state index in [1.165, 1.54) is 18.0 Å². The van der Waals surface area contributed by atoms with E-state index in [4.69, 9.17) is 9.47 Å². The number of fused-ring (bicyclic) bond motifs is 2. The predicted octanol–water partition coefficient (Wildman–Crippen LogP) is 3.67. The number of hydrogen-bond donors (Lipinski definition) is 0. The first-order valence-corrected chi connectivity index (χ1v) is 16.0. The van der Waals surface area contributed by atoms with Crippen molar-refractivity contribution in [2.24, 2.45) is 0 Å². The van der Waals surface area contributed by atoms with Crippen molar-refractivity contribution in [3.8, 4) is 0 Å². The van der Waals surface area contributed by atoms with E-state index in [-0.39, 0.29) is 17.3 Å². The number of nitrogens with zero attached hydrogens (tertiary/aromatic N) is 6. The van der Waals surface area contributed by atoms with Crippen molar-refractivity contribution in [1.29, 1.82) is 0 Å². The van der Waals surface area contributed by atoms with Crippen molar-refractivity contribution in [3.63, 3.8) is 0 Å². The highest BCUT2D eigenvalue weighted by atomic mass is 32.2. The summed E-state index contributed by atoms with van der Waals surface area (Å²) in [6.45, 7) is 13.0. The van der Waals surface area contributed by atoms with Gasteiger partial charge in [0.15, 0.2) is 5.16 Å². The van der Waals surface area contributed by atoms with Gasteiger partial charge in [0.25, 0.3) is 0 Å². The third kappa shape index (κ3) is 9.01. The van der Waals surface area contributed by atoms with Gasteiger partial charge in [-0.15, -0.1) is 0 Å². The minimum absolute atomic E-state index is 0.174. The molecule has 0 fully saturated rings. The average Bonchev–Trinajstić information content (AvgIpc) is 2.85. The van der Waals surface area contributed by atoms with E-state index in [9.17, 15) is 18.0 Å². The highest BCUT2D eigenvalue weighted by Gasteiger charge is 2.28. The van der Waals surface area contributed by atoms with E-state index in [2.05, 4.69) is 19.9 Å². The van der Waals surface area contributed by atoms with Crippen molar-refractivity contribution in [3.05, 3.63) is 34.9 Å². The molecule has 0 saturated carbocycles. The van der Waals surface area contributed by atoms with Crippen LogP contribution in [0, 0.1) is 0 Å². The van der Waals surface area contributed by atoms with E-state index < -0.39 is 21.0 Å². The molecule has 0 bridgehead atoms. The summed E-state index contributed by atoms with van der Waals surface area (Å²) in [6.07, 6.45) is 6.89. The van der Waals surface area contributed by atoms with Crippen molar-refractivity contribution in [2.45, 2.75) is 89.0 Å². The van der Waals surface area contributed by atoms with Crippen LogP contribution in [0.4, 0.5) is 9.59 Å². The molecule has 0 aromatic carbocycles. The fourth-order valence-corrected chi connectivity index (χ4v) is 4.72. The fraction of sp³-hybridized carbons (Fsp3) is 0.615. The van der Waals surface area contributed by atoms with E-state index in [1.807, 2.05) is 54.0 Å². The Bertz CT molecular complexity index is 1350. The van der Waals surface area contributed by atoms with Crippen LogP contribution in [0.25, 0.3) is 0 Å². The molecule has 2 aromatic rings. The minimum atomic E-state index is -3.42. The van der Waals surface area contributed by atoms with E-state index in [0.29, 0.717) is 38.3 Å². The lowest BCUT2D eigenvalue weighted by molar-refractivity contribution is 0.0212. The maximum atomic E-state index is 12.0. The summed E-state index contributed by atoms with van der Waals surface area (Å²) in [5, 5.41) is 0.608. The van der Waals surface area contributed by atoms with Gasteiger partial charge in [-0.2, -0.15) is 0 Å². The molecule has 4 rings (SSSR count). The first-order chi connectivity index (χ1) is 18.4. The first-order valence-electron chi connectivity index (χ1n) is 12.8. The zero-order valence-corrected chi connectivity index (χ0v) is 26.0. The fourth-order valence-electron chi connectivity index (χ4n) is 3.84. The standard InChI is InChI=1S/C13H19N3O4S.C13H19N3O2S/c1-13(2,3)20-12(17)16-6-5-10-9(8-16)7-14-11(15-10)21(4,18)19;1-13(2,3)18-12(17)16-6-5-10-9(8-16)7-14-11(15-10)19-4/h7H,5-6,8H2,1-4H3;7H,5-6,8H2,1-4H3. The summed E-state index contributed by atoms with van der Waals surface area (Å²) in [4.78, 5) is 43.9. The normalized spacial score (nSPS) is 15.3. The highest BCUT2D eigenvalue weighted by Crippen LogP contribution is 2.22. The van der Waals surface area contributed by atoms with Gasteiger partial charge >= 0.3 is 12.2 Å². The average molecular weight is 595 g/mol. The van der Waals surface area contributed by atoms with Gasteiger partial charge in [0.05, 0.1) is 24.5 Å². The number of aromatic nitrogens is 4. The Hall–Kier alpha value is -3.00. The summed E-state index contributed by atoms with van der Waals surface area (Å²) in [5.41, 5.74) is 2.46. The van der Waals surface area contributed by atoms with Gasteiger partial charge in [-0.05, 0) is 47.8 Å². The maximum absolute atomic E-state index is 12.0. The lowest BCUT2D eigenvalue weighted by Crippen LogP contribution is -2.40. The molecule has 2 aliphatic rings. The van der Waals surface area contributed by atoms with Crippen LogP contribution in [-0.4, -0.2) is 87.1 Å². The molecule has 0 unspecified atom stereocenters. The van der Waals surface area contributed by atoms with Gasteiger partial charge in [-0.1, -0.05) is 11.8 Å². The van der Waals surface area contributed by atoms with E-state index in [1.54, 1.807) is 9.80 Å². The topological polar surface area (TPSA) is 145 Å². The Morgan fingerprint density at radius 1 is 0.825 bits per heavy atom. The molecule has 4 heterocycles. The van der Waals surface area contributed by atoms with Crippen LogP contribution in [0.2, 0.25) is 0 Å². The second-order valence-electron chi connectivity index (χ2n) is 11.5. The van der Waals surface area contributed by atoms with Crippen molar-refractivity contribution in [1.82, 2.24) is 29.7 Å². The second-order valence-corrected chi connectivity index (χ2v) is 14.2. The minimum Gasteiger partial charge on any atom is -0.444 e.